The Morgan fingerprint density at radius 3 is 1.63 bits per heavy atom. The lowest BCUT2D eigenvalue weighted by Gasteiger charge is -2.27. The largest absolute Gasteiger partial charge is 0.354 e. The topological polar surface area (TPSA) is 66.6 Å². The number of allylic oxidation sites excluding steroid dienone is 1. The molecule has 0 saturated carbocycles. The zero-order valence-electron chi connectivity index (χ0n) is 33.7. The van der Waals surface area contributed by atoms with E-state index in [1.165, 1.54) is 10.8 Å². The molecule has 0 amide bonds. The highest BCUT2D eigenvalue weighted by molar-refractivity contribution is 6.36. The molecule has 292 valence electrons. The summed E-state index contributed by atoms with van der Waals surface area (Å²) in [5.41, 5.74) is 15.8. The molecule has 3 heterocycles. The van der Waals surface area contributed by atoms with Crippen LogP contribution in [0.1, 0.15) is 27.8 Å². The average Bonchev–Trinajstić information content (AvgIpc) is 3.69. The van der Waals surface area contributed by atoms with E-state index in [1.54, 1.807) is 0 Å². The van der Waals surface area contributed by atoms with Crippen LogP contribution in [0.5, 0.6) is 0 Å². The van der Waals surface area contributed by atoms with Crippen LogP contribution in [-0.2, 0) is 0 Å². The second-order valence-electron chi connectivity index (χ2n) is 15.5. The smallest absolute Gasteiger partial charge is 0.160 e. The molecule has 0 unspecified atom stereocenters. The van der Waals surface area contributed by atoms with Crippen molar-refractivity contribution in [1.82, 2.24) is 19.9 Å². The van der Waals surface area contributed by atoms with Crippen molar-refractivity contribution < 1.29 is 0 Å². The Hall–Kier alpha value is -8.41. The van der Waals surface area contributed by atoms with Gasteiger partial charge < -0.3 is 9.88 Å². The maximum absolute atomic E-state index is 9.76. The molecule has 0 saturated heterocycles. The summed E-state index contributed by atoms with van der Waals surface area (Å²) in [6, 6.07) is 75.3. The van der Waals surface area contributed by atoms with E-state index in [2.05, 4.69) is 162 Å². The van der Waals surface area contributed by atoms with E-state index in [9.17, 15) is 5.41 Å². The summed E-state index contributed by atoms with van der Waals surface area (Å²) in [4.78, 5) is 10.5. The lowest BCUT2D eigenvalue weighted by Crippen LogP contribution is -2.20. The highest BCUT2D eigenvalue weighted by Crippen LogP contribution is 2.39. The molecular formula is C57H39N5. The van der Waals surface area contributed by atoms with Crippen molar-refractivity contribution in [2.75, 3.05) is 0 Å². The molecule has 5 heteroatoms. The molecule has 62 heavy (non-hydrogen) atoms. The van der Waals surface area contributed by atoms with Crippen LogP contribution in [0, 0.1) is 5.41 Å². The molecule has 0 atom stereocenters. The first-order chi connectivity index (χ1) is 30.7. The summed E-state index contributed by atoms with van der Waals surface area (Å²) in [5.74, 6) is 0.647. The van der Waals surface area contributed by atoms with Crippen molar-refractivity contribution in [3.8, 4) is 39.6 Å². The van der Waals surface area contributed by atoms with Crippen LogP contribution in [0.2, 0.25) is 0 Å². The normalized spacial score (nSPS) is 13.0. The summed E-state index contributed by atoms with van der Waals surface area (Å²) in [6.45, 7) is 0. The lowest BCUT2D eigenvalue weighted by molar-refractivity contribution is 1.16. The molecule has 5 nitrogen and oxygen atoms in total. The van der Waals surface area contributed by atoms with Gasteiger partial charge in [-0.25, -0.2) is 9.97 Å². The Labute approximate surface area is 360 Å². The SMILES string of the molecule is N=C(/C(=C1\NC(c2ccccc2)=Cc2ccc(-c3cc(-c4cccc(-n5c6ccccc6c6ccccc65)c4)nc(-c4ccccc4)n3)cc21)c1ccccc1)c1ccccc1. The van der Waals surface area contributed by atoms with Gasteiger partial charge in [-0.3, -0.25) is 5.41 Å². The molecule has 0 radical (unpaired) electrons. The average molecular weight is 794 g/mol. The van der Waals surface area contributed by atoms with Crippen LogP contribution < -0.4 is 5.32 Å². The van der Waals surface area contributed by atoms with Gasteiger partial charge in [-0.2, -0.15) is 0 Å². The Morgan fingerprint density at radius 1 is 0.452 bits per heavy atom. The first-order valence-corrected chi connectivity index (χ1v) is 20.8. The fourth-order valence-electron chi connectivity index (χ4n) is 8.65. The van der Waals surface area contributed by atoms with E-state index in [-0.39, 0.29) is 0 Å². The van der Waals surface area contributed by atoms with Crippen LogP contribution in [0.15, 0.2) is 218 Å². The number of para-hydroxylation sites is 2. The van der Waals surface area contributed by atoms with Crippen molar-refractivity contribution in [3.05, 3.63) is 246 Å². The van der Waals surface area contributed by atoms with Crippen molar-refractivity contribution in [1.29, 1.82) is 5.41 Å². The molecular weight excluding hydrogens is 755 g/mol. The Balaban J connectivity index is 1.11. The number of hydrogen-bond acceptors (Lipinski definition) is 4. The number of rotatable bonds is 8. The first kappa shape index (κ1) is 36.7. The van der Waals surface area contributed by atoms with E-state index < -0.39 is 0 Å². The maximum atomic E-state index is 9.76. The number of hydrogen-bond donors (Lipinski definition) is 2. The molecule has 1 aliphatic heterocycles. The Bertz CT molecular complexity index is 3310. The van der Waals surface area contributed by atoms with Gasteiger partial charge >= 0.3 is 0 Å². The van der Waals surface area contributed by atoms with Gasteiger partial charge in [-0.1, -0.05) is 182 Å². The minimum Gasteiger partial charge on any atom is -0.354 e. The maximum Gasteiger partial charge on any atom is 0.160 e. The van der Waals surface area contributed by atoms with Crippen LogP contribution >= 0.6 is 0 Å². The van der Waals surface area contributed by atoms with E-state index in [0.29, 0.717) is 11.5 Å². The van der Waals surface area contributed by atoms with Gasteiger partial charge in [0.2, 0.25) is 0 Å². The first-order valence-electron chi connectivity index (χ1n) is 20.8. The number of fused-ring (bicyclic) bond motifs is 4. The predicted octanol–water partition coefficient (Wildman–Crippen LogP) is 13.6. The minimum atomic E-state index is 0.434. The van der Waals surface area contributed by atoms with Crippen molar-refractivity contribution in [2.45, 2.75) is 0 Å². The third kappa shape index (κ3) is 6.68. The van der Waals surface area contributed by atoms with Crippen molar-refractivity contribution in [2.24, 2.45) is 0 Å². The van der Waals surface area contributed by atoms with Gasteiger partial charge in [0.05, 0.1) is 33.8 Å². The third-order valence-corrected chi connectivity index (χ3v) is 11.6. The van der Waals surface area contributed by atoms with Crippen LogP contribution in [0.3, 0.4) is 0 Å². The molecule has 10 aromatic rings. The molecule has 0 aliphatic carbocycles. The van der Waals surface area contributed by atoms with Gasteiger partial charge in [0.1, 0.15) is 0 Å². The molecule has 1 aliphatic rings. The van der Waals surface area contributed by atoms with Gasteiger partial charge in [0, 0.05) is 55.5 Å². The monoisotopic (exact) mass is 793 g/mol. The van der Waals surface area contributed by atoms with E-state index in [1.807, 2.05) is 72.8 Å². The van der Waals surface area contributed by atoms with E-state index in [0.717, 1.165) is 89.6 Å². The predicted molar refractivity (Wildman–Crippen MR) is 257 cm³/mol. The molecule has 2 aromatic heterocycles. The molecule has 2 N–H and O–H groups in total. The lowest BCUT2D eigenvalue weighted by atomic mass is 9.87. The standard InChI is InChI=1S/C57H39N5/c58-55(40-22-9-3-10-23-40)54(39-20-7-2-8-21-39)56-48-35-44(33-32-42(48)36-49(59-56)38-18-5-1-6-19-38)51-37-50(60-57(61-51)41-24-11-4-12-25-41)43-26-17-27-45(34-43)62-52-30-15-13-28-46(52)47-29-14-16-31-53(47)62/h1-37,58-59H/b56-54-,58-55?. The zero-order valence-corrected chi connectivity index (χ0v) is 33.7. The summed E-state index contributed by atoms with van der Waals surface area (Å²) < 4.78 is 2.34. The number of nitrogens with zero attached hydrogens (tertiary/aromatic N) is 3. The second kappa shape index (κ2) is 15.6. The zero-order chi connectivity index (χ0) is 41.4. The molecule has 11 rings (SSSR count). The summed E-state index contributed by atoms with van der Waals surface area (Å²) in [5, 5.41) is 16.0. The van der Waals surface area contributed by atoms with Crippen LogP contribution in [-0.4, -0.2) is 20.2 Å². The summed E-state index contributed by atoms with van der Waals surface area (Å²) in [6.07, 6.45) is 2.20. The van der Waals surface area contributed by atoms with Gasteiger partial charge in [-0.05, 0) is 59.2 Å². The molecule has 0 fully saturated rings. The summed E-state index contributed by atoms with van der Waals surface area (Å²) in [7, 11) is 0. The molecule has 8 aromatic carbocycles. The van der Waals surface area contributed by atoms with E-state index >= 15 is 0 Å². The highest BCUT2D eigenvalue weighted by Gasteiger charge is 2.25. The van der Waals surface area contributed by atoms with Gasteiger partial charge in [-0.15, -0.1) is 0 Å². The van der Waals surface area contributed by atoms with Gasteiger partial charge in [0.25, 0.3) is 0 Å². The Kier molecular flexibility index (Phi) is 9.25. The Morgan fingerprint density at radius 2 is 0.984 bits per heavy atom. The number of aromatic nitrogens is 3. The fraction of sp³-hybridized carbons (Fsp3) is 0. The summed E-state index contributed by atoms with van der Waals surface area (Å²) >= 11 is 0. The highest BCUT2D eigenvalue weighted by atomic mass is 15.0. The van der Waals surface area contributed by atoms with Gasteiger partial charge in [0.15, 0.2) is 5.82 Å². The minimum absolute atomic E-state index is 0.434. The quantitative estimate of drug-likeness (QED) is 0.151. The van der Waals surface area contributed by atoms with Crippen molar-refractivity contribution in [3.63, 3.8) is 0 Å². The fourth-order valence-corrected chi connectivity index (χ4v) is 8.65. The number of benzene rings is 8. The van der Waals surface area contributed by atoms with Crippen molar-refractivity contribution >= 4 is 50.6 Å². The second-order valence-corrected chi connectivity index (χ2v) is 15.5. The van der Waals surface area contributed by atoms with E-state index in [4.69, 9.17) is 9.97 Å². The van der Waals surface area contributed by atoms with Crippen LogP contribution in [0.25, 0.3) is 84.4 Å². The molecule has 0 spiro atoms. The van der Waals surface area contributed by atoms with Crippen LogP contribution in [0.4, 0.5) is 0 Å². The third-order valence-electron chi connectivity index (χ3n) is 11.6. The molecule has 0 bridgehead atoms. The number of nitrogens with one attached hydrogen (secondary N) is 2.